The van der Waals surface area contributed by atoms with E-state index in [4.69, 9.17) is 4.98 Å². The van der Waals surface area contributed by atoms with E-state index in [1.807, 2.05) is 0 Å². The molecular formula is C34H44N4O4. The molecule has 42 heavy (non-hydrogen) atoms. The topological polar surface area (TPSA) is 115 Å². The Morgan fingerprint density at radius 3 is 2.38 bits per heavy atom. The first-order valence-electron chi connectivity index (χ1n) is 16.4. The molecule has 2 amide bonds. The van der Waals surface area contributed by atoms with Crippen LogP contribution in [-0.2, 0) is 11.2 Å². The normalized spacial score (nSPS) is 30.5. The molecule has 0 spiro atoms. The van der Waals surface area contributed by atoms with Crippen LogP contribution < -0.4 is 5.32 Å². The van der Waals surface area contributed by atoms with E-state index < -0.39 is 12.0 Å². The number of hydrogen-bond donors (Lipinski definition) is 3. The molecule has 4 bridgehead atoms. The van der Waals surface area contributed by atoms with Gasteiger partial charge < -0.3 is 20.3 Å². The number of aliphatic carboxylic acids is 1. The number of imidazole rings is 1. The monoisotopic (exact) mass is 572 g/mol. The Morgan fingerprint density at radius 1 is 0.976 bits per heavy atom. The summed E-state index contributed by atoms with van der Waals surface area (Å²) in [5.74, 6) is 2.51. The van der Waals surface area contributed by atoms with Crippen LogP contribution in [0, 0.1) is 23.2 Å². The SMILES string of the molecule is O=C(Nc1cccc(C(=O)N2CCCC2C(=O)O)c1)c1nc(C2CCCCC2)[nH]c1CCC12CC3CC(CC(C3)C1)C2. The number of hydrogen-bond acceptors (Lipinski definition) is 4. The van der Waals surface area contributed by atoms with Gasteiger partial charge in [-0.25, -0.2) is 9.78 Å². The predicted molar refractivity (Wildman–Crippen MR) is 159 cm³/mol. The molecule has 1 atom stereocenters. The van der Waals surface area contributed by atoms with Crippen LogP contribution in [-0.4, -0.2) is 50.3 Å². The second kappa shape index (κ2) is 11.2. The third-order valence-electron chi connectivity index (χ3n) is 11.2. The summed E-state index contributed by atoms with van der Waals surface area (Å²) in [5, 5.41) is 12.6. The Hall–Kier alpha value is -3.16. The molecular weight excluding hydrogens is 528 g/mol. The number of likely N-dealkylation sites (tertiary alicyclic amines) is 1. The molecule has 1 unspecified atom stereocenters. The molecule has 224 valence electrons. The van der Waals surface area contributed by atoms with Crippen molar-refractivity contribution in [1.29, 1.82) is 0 Å². The molecule has 6 fully saturated rings. The van der Waals surface area contributed by atoms with Crippen molar-refractivity contribution in [2.75, 3.05) is 11.9 Å². The van der Waals surface area contributed by atoms with E-state index in [0.29, 0.717) is 47.7 Å². The number of aromatic amines is 1. The molecule has 8 nitrogen and oxygen atoms in total. The average molecular weight is 573 g/mol. The molecule has 1 aliphatic heterocycles. The Bertz CT molecular complexity index is 1320. The van der Waals surface area contributed by atoms with Gasteiger partial charge in [0.05, 0.1) is 0 Å². The Kier molecular flexibility index (Phi) is 7.35. The van der Waals surface area contributed by atoms with Gasteiger partial charge in [0, 0.05) is 29.4 Å². The largest absolute Gasteiger partial charge is 0.480 e. The highest BCUT2D eigenvalue weighted by Crippen LogP contribution is 2.61. The minimum Gasteiger partial charge on any atom is -0.480 e. The number of nitrogens with one attached hydrogen (secondary N) is 2. The highest BCUT2D eigenvalue weighted by atomic mass is 16.4. The Labute approximate surface area is 248 Å². The Balaban J connectivity index is 1.10. The highest BCUT2D eigenvalue weighted by Gasteiger charge is 2.50. The number of H-pyrrole nitrogens is 1. The standard InChI is InChI=1S/C34H44N4O4/c39-31(35-26-9-4-8-25(17-26)32(40)38-13-5-10-28(38)33(41)42)29-27(36-30(37-29)24-6-2-1-3-7-24)11-12-34-18-21-14-22(19-34)16-23(15-21)20-34/h4,8-9,17,21-24,28H,1-3,5-7,10-16,18-20H2,(H,35,39)(H,36,37)(H,41,42). The number of rotatable bonds is 8. The van der Waals surface area contributed by atoms with Crippen molar-refractivity contribution in [3.63, 3.8) is 0 Å². The molecule has 1 aromatic carbocycles. The zero-order chi connectivity index (χ0) is 28.8. The smallest absolute Gasteiger partial charge is 0.326 e. The maximum absolute atomic E-state index is 13.8. The van der Waals surface area contributed by atoms with E-state index in [2.05, 4.69) is 10.3 Å². The van der Waals surface area contributed by atoms with Gasteiger partial charge in [-0.05, 0) is 118 Å². The van der Waals surface area contributed by atoms with E-state index in [1.54, 1.807) is 24.3 Å². The van der Waals surface area contributed by atoms with Gasteiger partial charge >= 0.3 is 5.97 Å². The zero-order valence-electron chi connectivity index (χ0n) is 24.6. The molecule has 6 aliphatic rings. The van der Waals surface area contributed by atoms with Crippen LogP contribution in [0.25, 0.3) is 0 Å². The van der Waals surface area contributed by atoms with Gasteiger partial charge in [0.15, 0.2) is 0 Å². The molecule has 0 radical (unpaired) electrons. The van der Waals surface area contributed by atoms with Gasteiger partial charge in [-0.3, -0.25) is 9.59 Å². The number of carbonyl (C=O) groups excluding carboxylic acids is 2. The predicted octanol–water partition coefficient (Wildman–Crippen LogP) is 6.55. The van der Waals surface area contributed by atoms with Crippen LogP contribution in [0.5, 0.6) is 0 Å². The van der Waals surface area contributed by atoms with Gasteiger partial charge in [-0.1, -0.05) is 25.3 Å². The zero-order valence-corrected chi connectivity index (χ0v) is 24.6. The first-order valence-corrected chi connectivity index (χ1v) is 16.4. The van der Waals surface area contributed by atoms with E-state index >= 15 is 0 Å². The summed E-state index contributed by atoms with van der Waals surface area (Å²) in [6, 6.07) is 6.05. The van der Waals surface area contributed by atoms with Crippen molar-refractivity contribution in [3.8, 4) is 0 Å². The maximum atomic E-state index is 13.8. The van der Waals surface area contributed by atoms with Gasteiger partial charge in [0.25, 0.3) is 11.8 Å². The number of carboxylic acid groups (broad SMARTS) is 1. The van der Waals surface area contributed by atoms with E-state index in [1.165, 1.54) is 62.7 Å². The van der Waals surface area contributed by atoms with Gasteiger partial charge in [0.1, 0.15) is 17.6 Å². The van der Waals surface area contributed by atoms with Gasteiger partial charge in [-0.15, -0.1) is 0 Å². The fraction of sp³-hybridized carbons (Fsp3) is 0.647. The molecule has 2 aromatic rings. The van der Waals surface area contributed by atoms with E-state index in [0.717, 1.165) is 55.0 Å². The summed E-state index contributed by atoms with van der Waals surface area (Å²) in [4.78, 5) is 48.6. The second-order valence-corrected chi connectivity index (χ2v) is 14.2. The van der Waals surface area contributed by atoms with Crippen LogP contribution in [0.4, 0.5) is 5.69 Å². The number of amides is 2. The third-order valence-corrected chi connectivity index (χ3v) is 11.2. The summed E-state index contributed by atoms with van der Waals surface area (Å²) in [6.45, 7) is 0.427. The number of benzene rings is 1. The van der Waals surface area contributed by atoms with E-state index in [-0.39, 0.29) is 11.8 Å². The second-order valence-electron chi connectivity index (χ2n) is 14.2. The summed E-state index contributed by atoms with van der Waals surface area (Å²) in [6.07, 6.45) is 17.3. The molecule has 1 saturated heterocycles. The van der Waals surface area contributed by atoms with Gasteiger partial charge in [-0.2, -0.15) is 0 Å². The number of anilines is 1. The Morgan fingerprint density at radius 2 is 1.69 bits per heavy atom. The number of carboxylic acids is 1. The van der Waals surface area contributed by atoms with Crippen molar-refractivity contribution in [2.24, 2.45) is 23.2 Å². The van der Waals surface area contributed by atoms with Crippen molar-refractivity contribution in [2.45, 2.75) is 108 Å². The highest BCUT2D eigenvalue weighted by molar-refractivity contribution is 6.05. The number of aryl methyl sites for hydroxylation is 1. The lowest BCUT2D eigenvalue weighted by atomic mass is 9.48. The molecule has 3 N–H and O–H groups in total. The average Bonchev–Trinajstić information content (AvgIpc) is 3.64. The lowest BCUT2D eigenvalue weighted by Gasteiger charge is -2.57. The third kappa shape index (κ3) is 5.37. The van der Waals surface area contributed by atoms with Crippen molar-refractivity contribution in [1.82, 2.24) is 14.9 Å². The molecule has 1 aromatic heterocycles. The van der Waals surface area contributed by atoms with Crippen LogP contribution in [0.1, 0.15) is 128 Å². The lowest BCUT2D eigenvalue weighted by molar-refractivity contribution is -0.141. The van der Waals surface area contributed by atoms with Crippen molar-refractivity contribution in [3.05, 3.63) is 47.0 Å². The molecule has 5 aliphatic carbocycles. The number of aromatic nitrogens is 2. The van der Waals surface area contributed by atoms with Gasteiger partial charge in [0.2, 0.25) is 0 Å². The number of carbonyl (C=O) groups is 3. The molecule has 8 rings (SSSR count). The molecule has 5 saturated carbocycles. The fourth-order valence-corrected chi connectivity index (χ4v) is 9.71. The molecule has 2 heterocycles. The summed E-state index contributed by atoms with van der Waals surface area (Å²) < 4.78 is 0. The quantitative estimate of drug-likeness (QED) is 0.332. The van der Waals surface area contributed by atoms with Crippen LogP contribution in [0.3, 0.4) is 0 Å². The fourth-order valence-electron chi connectivity index (χ4n) is 9.71. The number of nitrogens with zero attached hydrogens (tertiary/aromatic N) is 2. The minimum atomic E-state index is -0.973. The van der Waals surface area contributed by atoms with Crippen LogP contribution in [0.2, 0.25) is 0 Å². The summed E-state index contributed by atoms with van der Waals surface area (Å²) in [5.41, 5.74) is 2.77. The maximum Gasteiger partial charge on any atom is 0.326 e. The molecule has 8 heteroatoms. The first-order chi connectivity index (χ1) is 20.4. The summed E-state index contributed by atoms with van der Waals surface area (Å²) >= 11 is 0. The van der Waals surface area contributed by atoms with Crippen molar-refractivity contribution < 1.29 is 19.5 Å². The van der Waals surface area contributed by atoms with Crippen LogP contribution in [0.15, 0.2) is 24.3 Å². The van der Waals surface area contributed by atoms with E-state index in [9.17, 15) is 19.5 Å². The minimum absolute atomic E-state index is 0.247. The first kappa shape index (κ1) is 27.7. The van der Waals surface area contributed by atoms with Crippen LogP contribution >= 0.6 is 0 Å². The summed E-state index contributed by atoms with van der Waals surface area (Å²) in [7, 11) is 0. The van der Waals surface area contributed by atoms with Crippen molar-refractivity contribution >= 4 is 23.5 Å². The lowest BCUT2D eigenvalue weighted by Crippen LogP contribution is -2.46.